The van der Waals surface area contributed by atoms with Gasteiger partial charge in [-0.05, 0) is 47.6 Å². The van der Waals surface area contributed by atoms with Crippen LogP contribution in [0.2, 0.25) is 0 Å². The van der Waals surface area contributed by atoms with Crippen LogP contribution in [0.25, 0.3) is 0 Å². The number of nitrogens with one attached hydrogen (secondary N) is 1. The largest absolute Gasteiger partial charge is 0.348 e. The van der Waals surface area contributed by atoms with Gasteiger partial charge < -0.3 is 9.88 Å². The van der Waals surface area contributed by atoms with E-state index in [2.05, 4.69) is 31.1 Å². The summed E-state index contributed by atoms with van der Waals surface area (Å²) in [5.74, 6) is 0.607. The van der Waals surface area contributed by atoms with Crippen molar-refractivity contribution in [2.45, 2.75) is 39.8 Å². The third kappa shape index (κ3) is 3.21. The molecule has 116 valence electrons. The molecule has 1 aliphatic rings. The second kappa shape index (κ2) is 5.59. The van der Waals surface area contributed by atoms with E-state index in [1.54, 1.807) is 12.4 Å². The minimum absolute atomic E-state index is 0.0239. The van der Waals surface area contributed by atoms with Crippen molar-refractivity contribution in [3.05, 3.63) is 54.1 Å². The van der Waals surface area contributed by atoms with Gasteiger partial charge in [0.25, 0.3) is 5.91 Å². The van der Waals surface area contributed by atoms with E-state index in [1.165, 1.54) is 0 Å². The van der Waals surface area contributed by atoms with Crippen LogP contribution in [0, 0.1) is 11.3 Å². The summed E-state index contributed by atoms with van der Waals surface area (Å²) in [4.78, 5) is 16.5. The molecule has 2 atom stereocenters. The summed E-state index contributed by atoms with van der Waals surface area (Å²) < 4.78 is 1.99. The third-order valence-electron chi connectivity index (χ3n) is 4.38. The second-order valence-corrected chi connectivity index (χ2v) is 7.16. The van der Waals surface area contributed by atoms with Crippen molar-refractivity contribution >= 4 is 5.91 Å². The molecule has 3 rings (SSSR count). The first kappa shape index (κ1) is 14.8. The van der Waals surface area contributed by atoms with E-state index >= 15 is 0 Å². The number of pyridine rings is 1. The third-order valence-corrected chi connectivity index (χ3v) is 4.38. The average molecular weight is 297 g/mol. The predicted octanol–water partition coefficient (Wildman–Crippen LogP) is 3.10. The van der Waals surface area contributed by atoms with E-state index in [4.69, 9.17) is 0 Å². The molecule has 2 aromatic rings. The molecule has 22 heavy (non-hydrogen) atoms. The molecular formula is C18H23N3O. The van der Waals surface area contributed by atoms with Crippen LogP contribution in [0.4, 0.5) is 0 Å². The maximum Gasteiger partial charge on any atom is 0.268 e. The van der Waals surface area contributed by atoms with E-state index < -0.39 is 0 Å². The zero-order chi connectivity index (χ0) is 15.7. The van der Waals surface area contributed by atoms with Crippen LogP contribution in [0.1, 0.15) is 43.2 Å². The summed E-state index contributed by atoms with van der Waals surface area (Å²) in [6.07, 6.45) is 6.58. The van der Waals surface area contributed by atoms with E-state index in [0.717, 1.165) is 17.7 Å². The molecule has 0 radical (unpaired) electrons. The van der Waals surface area contributed by atoms with Crippen molar-refractivity contribution in [2.75, 3.05) is 0 Å². The van der Waals surface area contributed by atoms with Crippen molar-refractivity contribution in [3.63, 3.8) is 0 Å². The van der Waals surface area contributed by atoms with Crippen LogP contribution in [-0.2, 0) is 6.54 Å². The summed E-state index contributed by atoms with van der Waals surface area (Å²) in [5, 5.41) is 3.17. The highest BCUT2D eigenvalue weighted by molar-refractivity contribution is 5.93. The molecule has 2 heterocycles. The molecule has 0 saturated heterocycles. The normalized spacial score (nSPS) is 20.7. The Labute approximate surface area is 131 Å². The fourth-order valence-electron chi connectivity index (χ4n) is 3.00. The monoisotopic (exact) mass is 297 g/mol. The quantitative estimate of drug-likeness (QED) is 0.942. The number of hydrogen-bond acceptors (Lipinski definition) is 2. The zero-order valence-corrected chi connectivity index (χ0v) is 13.4. The van der Waals surface area contributed by atoms with Crippen LogP contribution >= 0.6 is 0 Å². The molecule has 1 saturated carbocycles. The fraction of sp³-hybridized carbons (Fsp3) is 0.444. The number of amides is 1. The molecule has 0 unspecified atom stereocenters. The number of rotatable bonds is 4. The van der Waals surface area contributed by atoms with Gasteiger partial charge in [0, 0.05) is 31.2 Å². The molecule has 4 heteroatoms. The van der Waals surface area contributed by atoms with Crippen LogP contribution in [-0.4, -0.2) is 21.5 Å². The minimum atomic E-state index is 0.0239. The van der Waals surface area contributed by atoms with E-state index in [9.17, 15) is 4.79 Å². The highest BCUT2D eigenvalue weighted by Crippen LogP contribution is 2.45. The van der Waals surface area contributed by atoms with Crippen molar-refractivity contribution in [1.82, 2.24) is 14.9 Å². The van der Waals surface area contributed by atoms with Gasteiger partial charge in [-0.25, -0.2) is 0 Å². The maximum atomic E-state index is 12.5. The number of hydrogen-bond donors (Lipinski definition) is 1. The van der Waals surface area contributed by atoms with Gasteiger partial charge in [0.05, 0.1) is 0 Å². The molecule has 1 N–H and O–H groups in total. The van der Waals surface area contributed by atoms with Crippen molar-refractivity contribution in [2.24, 2.45) is 11.3 Å². The highest BCUT2D eigenvalue weighted by Gasteiger charge is 2.46. The van der Waals surface area contributed by atoms with Crippen molar-refractivity contribution in [3.8, 4) is 0 Å². The van der Waals surface area contributed by atoms with Crippen LogP contribution in [0.3, 0.4) is 0 Å². The molecule has 1 amide bonds. The first-order valence-corrected chi connectivity index (χ1v) is 7.80. The standard InChI is InChI=1S/C18H23N3O/c1-18(2,3)14-11-15(14)20-17(22)16-5-4-10-21(16)12-13-6-8-19-9-7-13/h4-10,14-15H,11-12H2,1-3H3,(H,20,22)/t14-,15-/m0/s1. The van der Waals surface area contributed by atoms with Gasteiger partial charge in [0.2, 0.25) is 0 Å². The summed E-state index contributed by atoms with van der Waals surface area (Å²) in [6, 6.07) is 8.06. The van der Waals surface area contributed by atoms with E-state index in [-0.39, 0.29) is 11.3 Å². The van der Waals surface area contributed by atoms with Gasteiger partial charge in [-0.15, -0.1) is 0 Å². The molecule has 0 aromatic carbocycles. The first-order chi connectivity index (χ1) is 10.4. The maximum absolute atomic E-state index is 12.5. The van der Waals surface area contributed by atoms with Gasteiger partial charge in [0.1, 0.15) is 5.69 Å². The lowest BCUT2D eigenvalue weighted by Crippen LogP contribution is -2.30. The van der Waals surface area contributed by atoms with E-state index in [0.29, 0.717) is 18.5 Å². The summed E-state index contributed by atoms with van der Waals surface area (Å²) in [7, 11) is 0. The number of nitrogens with zero attached hydrogens (tertiary/aromatic N) is 2. The Balaban J connectivity index is 1.66. The molecule has 4 nitrogen and oxygen atoms in total. The molecule has 2 aromatic heterocycles. The lowest BCUT2D eigenvalue weighted by atomic mass is 9.90. The molecule has 0 spiro atoms. The molecule has 0 bridgehead atoms. The number of carbonyl (C=O) groups excluding carboxylic acids is 1. The van der Waals surface area contributed by atoms with Gasteiger partial charge in [-0.1, -0.05) is 20.8 Å². The predicted molar refractivity (Wildman–Crippen MR) is 86.6 cm³/mol. The molecule has 1 fully saturated rings. The Hall–Kier alpha value is -2.10. The van der Waals surface area contributed by atoms with Gasteiger partial charge in [-0.2, -0.15) is 0 Å². The SMILES string of the molecule is CC(C)(C)[C@H]1C[C@@H]1NC(=O)c1cccn1Cc1ccncc1. The minimum Gasteiger partial charge on any atom is -0.348 e. The smallest absolute Gasteiger partial charge is 0.268 e. The number of carbonyl (C=O) groups is 1. The van der Waals surface area contributed by atoms with Gasteiger partial charge in [0.15, 0.2) is 0 Å². The molecular weight excluding hydrogens is 274 g/mol. The van der Waals surface area contributed by atoms with Crippen molar-refractivity contribution in [1.29, 1.82) is 0 Å². The summed E-state index contributed by atoms with van der Waals surface area (Å²) in [5.41, 5.74) is 2.12. The molecule has 1 aliphatic carbocycles. The van der Waals surface area contributed by atoms with Gasteiger partial charge in [-0.3, -0.25) is 9.78 Å². The Morgan fingerprint density at radius 1 is 1.32 bits per heavy atom. The Morgan fingerprint density at radius 2 is 2.05 bits per heavy atom. The van der Waals surface area contributed by atoms with Crippen LogP contribution in [0.15, 0.2) is 42.9 Å². The zero-order valence-electron chi connectivity index (χ0n) is 13.4. The lowest BCUT2D eigenvalue weighted by Gasteiger charge is -2.18. The average Bonchev–Trinajstić information content (AvgIpc) is 3.09. The Bertz CT molecular complexity index is 654. The highest BCUT2D eigenvalue weighted by atomic mass is 16.2. The fourth-order valence-corrected chi connectivity index (χ4v) is 3.00. The topological polar surface area (TPSA) is 46.9 Å². The van der Waals surface area contributed by atoms with Gasteiger partial charge >= 0.3 is 0 Å². The van der Waals surface area contributed by atoms with Crippen LogP contribution < -0.4 is 5.32 Å². The van der Waals surface area contributed by atoms with Crippen LogP contribution in [0.5, 0.6) is 0 Å². The first-order valence-electron chi connectivity index (χ1n) is 7.80. The molecule has 0 aliphatic heterocycles. The van der Waals surface area contributed by atoms with E-state index in [1.807, 2.05) is 35.0 Å². The van der Waals surface area contributed by atoms with Crippen molar-refractivity contribution < 1.29 is 4.79 Å². The summed E-state index contributed by atoms with van der Waals surface area (Å²) >= 11 is 0. The lowest BCUT2D eigenvalue weighted by molar-refractivity contribution is 0.0937. The Morgan fingerprint density at radius 3 is 2.68 bits per heavy atom. The second-order valence-electron chi connectivity index (χ2n) is 7.16. The Kier molecular flexibility index (Phi) is 3.77. The number of aromatic nitrogens is 2. The summed E-state index contributed by atoms with van der Waals surface area (Å²) in [6.45, 7) is 7.38.